The van der Waals surface area contributed by atoms with Crippen molar-refractivity contribution in [2.24, 2.45) is 0 Å². The second kappa shape index (κ2) is 7.69. The van der Waals surface area contributed by atoms with Gasteiger partial charge in [-0.1, -0.05) is 18.2 Å². The van der Waals surface area contributed by atoms with Gasteiger partial charge < -0.3 is 10.1 Å². The van der Waals surface area contributed by atoms with Crippen LogP contribution in [0.1, 0.15) is 28.4 Å². The summed E-state index contributed by atoms with van der Waals surface area (Å²) in [4.78, 5) is 28.2. The van der Waals surface area contributed by atoms with Gasteiger partial charge in [0.25, 0.3) is 11.6 Å². The van der Waals surface area contributed by atoms with Gasteiger partial charge in [0, 0.05) is 29.0 Å². The summed E-state index contributed by atoms with van der Waals surface area (Å²) in [7, 11) is 0. The molecule has 142 valence electrons. The number of non-ortho nitro benzene ring substituents is 1. The molecule has 1 aliphatic rings. The molecule has 0 radical (unpaired) electrons. The van der Waals surface area contributed by atoms with Gasteiger partial charge in [-0.25, -0.2) is 4.98 Å². The molecule has 0 spiro atoms. The van der Waals surface area contributed by atoms with E-state index in [-0.39, 0.29) is 17.3 Å². The molecule has 3 aromatic rings. The summed E-state index contributed by atoms with van der Waals surface area (Å²) in [6.45, 7) is 0.483. The molecule has 1 aromatic heterocycles. The molecule has 9 nitrogen and oxygen atoms in total. The van der Waals surface area contributed by atoms with Crippen LogP contribution < -0.4 is 10.1 Å². The number of para-hydroxylation sites is 1. The van der Waals surface area contributed by atoms with Crippen LogP contribution in [0.5, 0.6) is 5.75 Å². The Morgan fingerprint density at radius 3 is 2.96 bits per heavy atom. The zero-order valence-electron chi connectivity index (χ0n) is 14.5. The molecule has 4 rings (SSSR count). The lowest BCUT2D eigenvalue weighted by Gasteiger charge is -2.26. The van der Waals surface area contributed by atoms with E-state index in [1.807, 2.05) is 24.3 Å². The van der Waals surface area contributed by atoms with Crippen molar-refractivity contribution in [3.8, 4) is 5.75 Å². The smallest absolute Gasteiger partial charge is 0.270 e. The number of fused-ring (bicyclic) bond motifs is 1. The van der Waals surface area contributed by atoms with Crippen LogP contribution in [0.25, 0.3) is 0 Å². The molecule has 2 N–H and O–H groups in total. The molecular formula is C18H15N5O4S. The molecule has 0 saturated carbocycles. The fourth-order valence-electron chi connectivity index (χ4n) is 2.97. The molecule has 1 aliphatic heterocycles. The molecule has 0 fully saturated rings. The average molecular weight is 397 g/mol. The number of carbonyl (C=O) groups excluding carboxylic acids is 1. The summed E-state index contributed by atoms with van der Waals surface area (Å²) in [5.41, 5.74) is 0.941. The van der Waals surface area contributed by atoms with E-state index in [2.05, 4.69) is 20.5 Å². The number of carbonyl (C=O) groups is 1. The molecular weight excluding hydrogens is 382 g/mol. The number of nitrogens with one attached hydrogen (secondary N) is 2. The van der Waals surface area contributed by atoms with Crippen LogP contribution in [0.3, 0.4) is 0 Å². The molecule has 28 heavy (non-hydrogen) atoms. The van der Waals surface area contributed by atoms with Gasteiger partial charge in [-0.15, -0.1) is 0 Å². The Labute approximate surface area is 163 Å². The minimum absolute atomic E-state index is 0.153. The summed E-state index contributed by atoms with van der Waals surface area (Å²) in [5, 5.41) is 21.1. The average Bonchev–Trinajstić information content (AvgIpc) is 3.21. The zero-order chi connectivity index (χ0) is 19.5. The Morgan fingerprint density at radius 1 is 1.32 bits per heavy atom. The monoisotopic (exact) mass is 397 g/mol. The van der Waals surface area contributed by atoms with E-state index < -0.39 is 10.8 Å². The second-order valence-electron chi connectivity index (χ2n) is 6.03. The van der Waals surface area contributed by atoms with Crippen molar-refractivity contribution >= 4 is 23.4 Å². The highest BCUT2D eigenvalue weighted by Crippen LogP contribution is 2.34. The maximum Gasteiger partial charge on any atom is 0.270 e. The number of benzene rings is 2. The Kier molecular flexibility index (Phi) is 4.94. The summed E-state index contributed by atoms with van der Waals surface area (Å²) in [6, 6.07) is 11.4. The van der Waals surface area contributed by atoms with Gasteiger partial charge in [-0.05, 0) is 23.9 Å². The number of aromatic nitrogens is 3. The van der Waals surface area contributed by atoms with Crippen molar-refractivity contribution in [1.82, 2.24) is 20.5 Å². The van der Waals surface area contributed by atoms with Gasteiger partial charge >= 0.3 is 0 Å². The van der Waals surface area contributed by atoms with Crippen LogP contribution in [0.15, 0.2) is 58.8 Å². The van der Waals surface area contributed by atoms with Gasteiger partial charge in [0.1, 0.15) is 12.1 Å². The normalized spacial score (nSPS) is 15.4. The van der Waals surface area contributed by atoms with Gasteiger partial charge in [-0.3, -0.25) is 20.0 Å². The van der Waals surface area contributed by atoms with Crippen LogP contribution in [0, 0.1) is 10.1 Å². The van der Waals surface area contributed by atoms with Crippen molar-refractivity contribution in [2.75, 3.05) is 6.61 Å². The summed E-state index contributed by atoms with van der Waals surface area (Å²) >= 11 is 1.18. The first kappa shape index (κ1) is 18.0. The SMILES string of the molecule is O=C(N[C@@H]1CCOc2ccccc21)c1cc([N+](=O)[O-])ccc1Sc1ncn[nH]1. The van der Waals surface area contributed by atoms with E-state index in [0.29, 0.717) is 23.1 Å². The molecule has 0 bridgehead atoms. The third kappa shape index (κ3) is 3.67. The molecule has 0 aliphatic carbocycles. The molecule has 1 amide bonds. The quantitative estimate of drug-likeness (QED) is 0.501. The fraction of sp³-hybridized carbons (Fsp3) is 0.167. The molecule has 2 heterocycles. The van der Waals surface area contributed by atoms with Crippen LogP contribution in [0.2, 0.25) is 0 Å². The van der Waals surface area contributed by atoms with Crippen molar-refractivity contribution < 1.29 is 14.5 Å². The van der Waals surface area contributed by atoms with Crippen molar-refractivity contribution in [3.05, 3.63) is 70.0 Å². The number of rotatable bonds is 5. The number of hydrogen-bond acceptors (Lipinski definition) is 7. The Hall–Kier alpha value is -3.40. The minimum Gasteiger partial charge on any atom is -0.493 e. The Balaban J connectivity index is 1.64. The second-order valence-corrected chi connectivity index (χ2v) is 7.06. The van der Waals surface area contributed by atoms with Gasteiger partial charge in [0.2, 0.25) is 0 Å². The standard InChI is InChI=1S/C18H15N5O4S/c24-17(21-14-7-8-27-15-4-2-1-3-12(14)15)13-9-11(23(25)26)5-6-16(13)28-18-19-10-20-22-18/h1-6,9-10,14H,7-8H2,(H,21,24)(H,19,20,22)/t14-/m1/s1. The maximum atomic E-state index is 13.0. The Bertz CT molecular complexity index is 1020. The van der Waals surface area contributed by atoms with Crippen LogP contribution in [-0.2, 0) is 0 Å². The fourth-order valence-corrected chi connectivity index (χ4v) is 3.78. The molecule has 10 heteroatoms. The van der Waals surface area contributed by atoms with Crippen LogP contribution >= 0.6 is 11.8 Å². The maximum absolute atomic E-state index is 13.0. The molecule has 0 saturated heterocycles. The summed E-state index contributed by atoms with van der Waals surface area (Å²) in [5.74, 6) is 0.335. The van der Waals surface area contributed by atoms with Crippen molar-refractivity contribution in [3.63, 3.8) is 0 Å². The van der Waals surface area contributed by atoms with E-state index in [1.165, 1.54) is 36.3 Å². The van der Waals surface area contributed by atoms with E-state index in [9.17, 15) is 14.9 Å². The number of nitro groups is 1. The van der Waals surface area contributed by atoms with Crippen LogP contribution in [-0.4, -0.2) is 32.6 Å². The number of amides is 1. The highest BCUT2D eigenvalue weighted by atomic mass is 32.2. The lowest BCUT2D eigenvalue weighted by atomic mass is 10.00. The topological polar surface area (TPSA) is 123 Å². The van der Waals surface area contributed by atoms with Gasteiger partial charge in [0.05, 0.1) is 23.1 Å². The predicted molar refractivity (Wildman–Crippen MR) is 100 cm³/mol. The Morgan fingerprint density at radius 2 is 2.18 bits per heavy atom. The van der Waals surface area contributed by atoms with Crippen molar-refractivity contribution in [2.45, 2.75) is 22.5 Å². The number of hydrogen-bond donors (Lipinski definition) is 2. The molecule has 0 unspecified atom stereocenters. The first-order valence-corrected chi connectivity index (χ1v) is 9.28. The highest BCUT2D eigenvalue weighted by Gasteiger charge is 2.25. The minimum atomic E-state index is -0.524. The lowest BCUT2D eigenvalue weighted by Crippen LogP contribution is -2.32. The molecule has 1 atom stereocenters. The van der Waals surface area contributed by atoms with Crippen LogP contribution in [0.4, 0.5) is 5.69 Å². The number of nitro benzene ring substituents is 1. The van der Waals surface area contributed by atoms with Gasteiger partial charge in [-0.2, -0.15) is 5.10 Å². The van der Waals surface area contributed by atoms with E-state index in [4.69, 9.17) is 4.74 Å². The largest absolute Gasteiger partial charge is 0.493 e. The van der Waals surface area contributed by atoms with E-state index in [0.717, 1.165) is 11.3 Å². The number of nitrogens with zero attached hydrogens (tertiary/aromatic N) is 3. The van der Waals surface area contributed by atoms with Crippen molar-refractivity contribution in [1.29, 1.82) is 0 Å². The third-order valence-corrected chi connectivity index (χ3v) is 5.25. The summed E-state index contributed by atoms with van der Waals surface area (Å²) in [6.07, 6.45) is 1.97. The van der Waals surface area contributed by atoms with E-state index in [1.54, 1.807) is 0 Å². The predicted octanol–water partition coefficient (Wildman–Crippen LogP) is 3.12. The van der Waals surface area contributed by atoms with Gasteiger partial charge in [0.15, 0.2) is 5.16 Å². The molecule has 2 aromatic carbocycles. The number of H-pyrrole nitrogens is 1. The lowest BCUT2D eigenvalue weighted by molar-refractivity contribution is -0.384. The highest BCUT2D eigenvalue weighted by molar-refractivity contribution is 7.99. The zero-order valence-corrected chi connectivity index (χ0v) is 15.3. The summed E-state index contributed by atoms with van der Waals surface area (Å²) < 4.78 is 5.62. The first-order valence-electron chi connectivity index (χ1n) is 8.46. The number of ether oxygens (including phenoxy) is 1. The number of aromatic amines is 1. The first-order chi connectivity index (χ1) is 13.6. The third-order valence-electron chi connectivity index (χ3n) is 4.28. The van der Waals surface area contributed by atoms with E-state index >= 15 is 0 Å².